The van der Waals surface area contributed by atoms with Crippen LogP contribution in [0.4, 0.5) is 8.78 Å². The molecule has 0 radical (unpaired) electrons. The Morgan fingerprint density at radius 2 is 1.49 bits per heavy atom. The molecule has 4 rings (SSSR count). The molecule has 1 aliphatic rings. The predicted molar refractivity (Wildman–Crippen MR) is 156 cm³/mol. The van der Waals surface area contributed by atoms with E-state index in [2.05, 4.69) is 45.0 Å². The number of alkyl halides is 3. The van der Waals surface area contributed by atoms with Gasteiger partial charge in [-0.25, -0.2) is 0 Å². The number of halogens is 3. The maximum atomic E-state index is 14.0. The van der Waals surface area contributed by atoms with Crippen molar-refractivity contribution in [3.8, 4) is 5.75 Å². The van der Waals surface area contributed by atoms with E-state index >= 15 is 0 Å². The highest BCUT2D eigenvalue weighted by Gasteiger charge is 2.51. The van der Waals surface area contributed by atoms with Crippen molar-refractivity contribution in [1.29, 1.82) is 0 Å². The van der Waals surface area contributed by atoms with Crippen molar-refractivity contribution >= 4 is 32.6 Å². The highest BCUT2D eigenvalue weighted by molar-refractivity contribution is 7.97. The number of hydrogen-bond donors (Lipinski definition) is 1. The van der Waals surface area contributed by atoms with E-state index in [1.807, 2.05) is 31.2 Å². The van der Waals surface area contributed by atoms with Crippen LogP contribution in [0.3, 0.4) is 0 Å². The molecule has 4 unspecified atom stereocenters. The summed E-state index contributed by atoms with van der Waals surface area (Å²) >= 11 is 5.96. The molecule has 1 aliphatic heterocycles. The summed E-state index contributed by atoms with van der Waals surface area (Å²) in [7, 11) is -6.21. The van der Waals surface area contributed by atoms with Gasteiger partial charge < -0.3 is 14.2 Å². The first-order chi connectivity index (χ1) is 19.0. The fourth-order valence-electron chi connectivity index (χ4n) is 4.40. The van der Waals surface area contributed by atoms with Gasteiger partial charge >= 0.3 is 15.4 Å². The van der Waals surface area contributed by atoms with Crippen molar-refractivity contribution in [3.05, 3.63) is 83.9 Å². The van der Waals surface area contributed by atoms with Crippen molar-refractivity contribution in [1.82, 2.24) is 0 Å². The predicted octanol–water partition coefficient (Wildman–Crippen LogP) is 7.15. The second-order valence-electron chi connectivity index (χ2n) is 11.0. The van der Waals surface area contributed by atoms with E-state index in [1.54, 1.807) is 12.1 Å². The number of rotatable bonds is 9. The minimum atomic E-state index is -5.63. The zero-order chi connectivity index (χ0) is 30.2. The summed E-state index contributed by atoms with van der Waals surface area (Å²) < 4.78 is 76.2. The molecule has 1 fully saturated rings. The second kappa shape index (κ2) is 11.8. The van der Waals surface area contributed by atoms with Crippen LogP contribution in [0.5, 0.6) is 5.75 Å². The molecule has 0 bridgehead atoms. The number of ether oxygens (including phenoxy) is 3. The molecule has 11 heteroatoms. The van der Waals surface area contributed by atoms with E-state index in [9.17, 15) is 17.2 Å². The van der Waals surface area contributed by atoms with Crippen molar-refractivity contribution < 1.29 is 36.0 Å². The SMILES string of the molecule is CC(Oc1ccc([S+](c2ccc(C(C)(C)C)cc2)c2ccc(C3(C)OCC(CCl)O3)cc2)cc1)C(F)(F)S(=O)(=O)O. The Morgan fingerprint density at radius 3 is 1.93 bits per heavy atom. The van der Waals surface area contributed by atoms with E-state index in [0.29, 0.717) is 12.5 Å². The quantitative estimate of drug-likeness (QED) is 0.154. The third-order valence-electron chi connectivity index (χ3n) is 6.87. The summed E-state index contributed by atoms with van der Waals surface area (Å²) in [5.41, 5.74) is 2.03. The Balaban J connectivity index is 1.67. The summed E-state index contributed by atoms with van der Waals surface area (Å²) in [6, 6.07) is 22.9. The first-order valence-corrected chi connectivity index (χ1v) is 16.2. The monoisotopic (exact) mass is 627 g/mol. The molecular formula is C30H34ClF2O6S2+. The van der Waals surface area contributed by atoms with E-state index in [0.717, 1.165) is 27.2 Å². The van der Waals surface area contributed by atoms with Gasteiger partial charge in [-0.15, -0.1) is 11.6 Å². The van der Waals surface area contributed by atoms with E-state index < -0.39 is 38.2 Å². The molecule has 0 amide bonds. The summed E-state index contributed by atoms with van der Waals surface area (Å²) in [5.74, 6) is -0.512. The topological polar surface area (TPSA) is 82.1 Å². The smallest absolute Gasteiger partial charge is 0.405 e. The molecule has 3 aromatic carbocycles. The second-order valence-corrected chi connectivity index (χ2v) is 14.9. The Labute approximate surface area is 248 Å². The highest BCUT2D eigenvalue weighted by Crippen LogP contribution is 2.38. The fourth-order valence-corrected chi connectivity index (χ4v) is 7.06. The maximum Gasteiger partial charge on any atom is 0.405 e. The lowest BCUT2D eigenvalue weighted by molar-refractivity contribution is -0.159. The Kier molecular flexibility index (Phi) is 9.14. The molecular weight excluding hydrogens is 594 g/mol. The average molecular weight is 628 g/mol. The van der Waals surface area contributed by atoms with Gasteiger partial charge in [0, 0.05) is 5.56 Å². The van der Waals surface area contributed by atoms with Crippen LogP contribution in [0.15, 0.2) is 87.5 Å². The normalized spacial score (nSPS) is 21.4. The average Bonchev–Trinajstić information content (AvgIpc) is 3.31. The molecule has 6 nitrogen and oxygen atoms in total. The molecule has 0 spiro atoms. The lowest BCUT2D eigenvalue weighted by Crippen LogP contribution is -2.42. The third-order valence-corrected chi connectivity index (χ3v) is 10.5. The number of benzene rings is 3. The van der Waals surface area contributed by atoms with Gasteiger partial charge in [0.1, 0.15) is 5.75 Å². The van der Waals surface area contributed by atoms with Gasteiger partial charge in [-0.05, 0) is 85.5 Å². The molecule has 4 atom stereocenters. The van der Waals surface area contributed by atoms with Crippen LogP contribution in [-0.2, 0) is 41.7 Å². The van der Waals surface area contributed by atoms with E-state index in [1.165, 1.54) is 17.7 Å². The standard InChI is InChI=1S/C30H33ClF2O6S2/c1-20(30(32,33)41(34,35)36)38-23-10-16-27(17-11-23)40(25-12-6-21(7-13-25)28(2,3)4)26-14-8-22(9-15-26)29(5)37-19-24(18-31)39-29/h6-17,20,24H,18-19H2,1-5H3/p+1. The molecule has 0 saturated carbocycles. The summed E-state index contributed by atoms with van der Waals surface area (Å²) in [4.78, 5) is 2.95. The molecule has 0 aliphatic carbocycles. The van der Waals surface area contributed by atoms with E-state index in [4.69, 9.17) is 30.4 Å². The fraction of sp³-hybridized carbons (Fsp3) is 0.400. The molecule has 222 valence electrons. The van der Waals surface area contributed by atoms with Gasteiger partial charge in [0.25, 0.3) is 0 Å². The summed E-state index contributed by atoms with van der Waals surface area (Å²) in [6.45, 7) is 9.61. The molecule has 1 saturated heterocycles. The van der Waals surface area contributed by atoms with Crippen molar-refractivity contribution in [3.63, 3.8) is 0 Å². The van der Waals surface area contributed by atoms with Gasteiger partial charge in [0.05, 0.1) is 29.5 Å². The van der Waals surface area contributed by atoms with Crippen LogP contribution in [0.1, 0.15) is 45.7 Å². The molecule has 41 heavy (non-hydrogen) atoms. The van der Waals surface area contributed by atoms with Crippen LogP contribution in [0, 0.1) is 0 Å². The van der Waals surface area contributed by atoms with Gasteiger partial charge in [-0.3, -0.25) is 4.55 Å². The largest absolute Gasteiger partial charge is 0.483 e. The lowest BCUT2D eigenvalue weighted by atomic mass is 9.87. The Bertz CT molecular complexity index is 1440. The van der Waals surface area contributed by atoms with Crippen LogP contribution in [0.25, 0.3) is 0 Å². The van der Waals surface area contributed by atoms with Gasteiger partial charge in [0.2, 0.25) is 0 Å². The first kappa shape index (κ1) is 31.7. The summed E-state index contributed by atoms with van der Waals surface area (Å²) in [6.07, 6.45) is -2.28. The van der Waals surface area contributed by atoms with Crippen molar-refractivity contribution in [2.45, 2.75) is 78.0 Å². The van der Waals surface area contributed by atoms with Crippen LogP contribution in [0.2, 0.25) is 0 Å². The van der Waals surface area contributed by atoms with Crippen LogP contribution in [-0.4, -0.2) is 42.9 Å². The molecule has 1 N–H and O–H groups in total. The van der Waals surface area contributed by atoms with Crippen LogP contribution < -0.4 is 4.74 Å². The van der Waals surface area contributed by atoms with Gasteiger partial charge in [-0.2, -0.15) is 17.2 Å². The maximum absolute atomic E-state index is 14.0. The minimum absolute atomic E-state index is 0.0177. The Morgan fingerprint density at radius 1 is 1.00 bits per heavy atom. The molecule has 0 aromatic heterocycles. The summed E-state index contributed by atoms with van der Waals surface area (Å²) in [5, 5.41) is -4.46. The lowest BCUT2D eigenvalue weighted by Gasteiger charge is -2.23. The van der Waals surface area contributed by atoms with Crippen molar-refractivity contribution in [2.75, 3.05) is 12.5 Å². The van der Waals surface area contributed by atoms with Crippen LogP contribution >= 0.6 is 11.6 Å². The van der Waals surface area contributed by atoms with Crippen molar-refractivity contribution in [2.24, 2.45) is 0 Å². The van der Waals surface area contributed by atoms with Gasteiger partial charge in [0.15, 0.2) is 26.6 Å². The third kappa shape index (κ3) is 6.89. The van der Waals surface area contributed by atoms with Gasteiger partial charge in [-0.1, -0.05) is 32.9 Å². The zero-order valence-corrected chi connectivity index (χ0v) is 25.8. The minimum Gasteiger partial charge on any atom is -0.483 e. The van der Waals surface area contributed by atoms with E-state index in [-0.39, 0.29) is 17.3 Å². The Hall–Kier alpha value is -2.21. The zero-order valence-electron chi connectivity index (χ0n) is 23.4. The highest BCUT2D eigenvalue weighted by atomic mass is 35.5. The molecule has 3 aromatic rings. The first-order valence-electron chi connectivity index (χ1n) is 13.0. The molecule has 1 heterocycles. The number of hydrogen-bond acceptors (Lipinski definition) is 5.